The van der Waals surface area contributed by atoms with Crippen molar-refractivity contribution in [3.63, 3.8) is 0 Å². The monoisotopic (exact) mass is 344 g/mol. The first-order valence-corrected chi connectivity index (χ1v) is 8.48. The highest BCUT2D eigenvalue weighted by Crippen LogP contribution is 2.25. The van der Waals surface area contributed by atoms with E-state index in [-0.39, 0.29) is 5.78 Å². The molecule has 1 atom stereocenters. The third kappa shape index (κ3) is 3.89. The molecule has 3 rings (SSSR count). The molecule has 0 fully saturated rings. The molecule has 26 heavy (non-hydrogen) atoms. The van der Waals surface area contributed by atoms with Gasteiger partial charge in [-0.05, 0) is 25.5 Å². The van der Waals surface area contributed by atoms with Gasteiger partial charge in [-0.25, -0.2) is 4.79 Å². The molecule has 0 aliphatic carbocycles. The molecule has 0 saturated carbocycles. The van der Waals surface area contributed by atoms with Crippen molar-refractivity contribution in [1.29, 1.82) is 0 Å². The molecule has 0 spiro atoms. The minimum Gasteiger partial charge on any atom is -0.445 e. The van der Waals surface area contributed by atoms with Crippen LogP contribution in [0.4, 0.5) is 0 Å². The molecule has 0 bridgehead atoms. The summed E-state index contributed by atoms with van der Waals surface area (Å²) in [5, 5.41) is 0. The Kier molecular flexibility index (Phi) is 5.28. The van der Waals surface area contributed by atoms with Gasteiger partial charge in [0.05, 0.1) is 5.56 Å². The number of rotatable bonds is 5. The Bertz CT molecular complexity index is 912. The number of hydrogen-bond donors (Lipinski definition) is 0. The zero-order valence-corrected chi connectivity index (χ0v) is 14.8. The topological polar surface area (TPSA) is 43.4 Å². The van der Waals surface area contributed by atoms with E-state index < -0.39 is 12.1 Å². The number of hydrogen-bond acceptors (Lipinski definition) is 3. The van der Waals surface area contributed by atoms with E-state index in [0.29, 0.717) is 16.7 Å². The Morgan fingerprint density at radius 1 is 0.769 bits per heavy atom. The molecule has 3 aromatic carbocycles. The van der Waals surface area contributed by atoms with Gasteiger partial charge in [0.2, 0.25) is 5.78 Å². The molecular formula is C23H20O3. The molecule has 0 heterocycles. The predicted octanol–water partition coefficient (Wildman–Crippen LogP) is 5.08. The fourth-order valence-corrected chi connectivity index (χ4v) is 2.74. The number of esters is 1. The summed E-state index contributed by atoms with van der Waals surface area (Å²) < 4.78 is 5.66. The zero-order chi connectivity index (χ0) is 18.5. The Balaban J connectivity index is 1.94. The van der Waals surface area contributed by atoms with Gasteiger partial charge in [0.25, 0.3) is 0 Å². The second-order valence-corrected chi connectivity index (χ2v) is 6.24. The molecule has 0 unspecified atom stereocenters. The summed E-state index contributed by atoms with van der Waals surface area (Å²) in [4.78, 5) is 25.7. The predicted molar refractivity (Wildman–Crippen MR) is 101 cm³/mol. The molecule has 0 aliphatic rings. The minimum absolute atomic E-state index is 0.238. The third-order valence-corrected chi connectivity index (χ3v) is 4.27. The first-order valence-electron chi connectivity index (χ1n) is 8.48. The summed E-state index contributed by atoms with van der Waals surface area (Å²) in [7, 11) is 0. The van der Waals surface area contributed by atoms with Gasteiger partial charge in [0, 0.05) is 11.1 Å². The molecular weight excluding hydrogens is 324 g/mol. The number of ether oxygens (including phenoxy) is 1. The van der Waals surface area contributed by atoms with Crippen LogP contribution in [-0.4, -0.2) is 11.8 Å². The molecule has 0 N–H and O–H groups in total. The van der Waals surface area contributed by atoms with Crippen molar-refractivity contribution in [1.82, 2.24) is 0 Å². The van der Waals surface area contributed by atoms with Crippen LogP contribution < -0.4 is 0 Å². The highest BCUT2D eigenvalue weighted by atomic mass is 16.5. The van der Waals surface area contributed by atoms with Crippen LogP contribution >= 0.6 is 0 Å². The molecule has 0 aliphatic heterocycles. The lowest BCUT2D eigenvalue weighted by atomic mass is 9.99. The quantitative estimate of drug-likeness (QED) is 0.478. The Morgan fingerprint density at radius 3 is 2.04 bits per heavy atom. The minimum atomic E-state index is -0.981. The van der Waals surface area contributed by atoms with Crippen molar-refractivity contribution in [2.24, 2.45) is 0 Å². The fourth-order valence-electron chi connectivity index (χ4n) is 2.74. The number of aryl methyl sites for hydroxylation is 2. The lowest BCUT2D eigenvalue weighted by Crippen LogP contribution is -2.20. The van der Waals surface area contributed by atoms with Gasteiger partial charge < -0.3 is 4.74 Å². The van der Waals surface area contributed by atoms with Crippen molar-refractivity contribution in [2.75, 3.05) is 0 Å². The third-order valence-electron chi connectivity index (χ3n) is 4.27. The standard InChI is InChI=1S/C23H20O3/c1-16-12-14-18(15-13-16)21(24)22(19-9-4-3-5-10-19)26-23(25)20-11-7-6-8-17(20)2/h3-15,22H,1-2H3/t22-/m1/s1. The van der Waals surface area contributed by atoms with Crippen LogP contribution in [0.2, 0.25) is 0 Å². The van der Waals surface area contributed by atoms with Gasteiger partial charge >= 0.3 is 5.97 Å². The summed E-state index contributed by atoms with van der Waals surface area (Å²) in [6.07, 6.45) is -0.981. The van der Waals surface area contributed by atoms with E-state index in [0.717, 1.165) is 11.1 Å². The Morgan fingerprint density at radius 2 is 1.38 bits per heavy atom. The maximum Gasteiger partial charge on any atom is 0.339 e. The summed E-state index contributed by atoms with van der Waals surface area (Å²) in [6.45, 7) is 3.80. The van der Waals surface area contributed by atoms with Crippen molar-refractivity contribution < 1.29 is 14.3 Å². The zero-order valence-electron chi connectivity index (χ0n) is 14.8. The molecule has 3 aromatic rings. The molecule has 0 radical (unpaired) electrons. The number of benzene rings is 3. The van der Waals surface area contributed by atoms with Gasteiger partial charge in [0.1, 0.15) is 0 Å². The fraction of sp³-hybridized carbons (Fsp3) is 0.130. The number of ketones is 1. The maximum atomic E-state index is 13.0. The van der Waals surface area contributed by atoms with E-state index in [1.807, 2.05) is 56.3 Å². The van der Waals surface area contributed by atoms with Crippen molar-refractivity contribution in [2.45, 2.75) is 20.0 Å². The van der Waals surface area contributed by atoms with Crippen molar-refractivity contribution >= 4 is 11.8 Å². The van der Waals surface area contributed by atoms with E-state index in [9.17, 15) is 9.59 Å². The average Bonchev–Trinajstić information content (AvgIpc) is 2.67. The van der Waals surface area contributed by atoms with Crippen LogP contribution in [0.1, 0.15) is 43.5 Å². The van der Waals surface area contributed by atoms with E-state index >= 15 is 0 Å². The van der Waals surface area contributed by atoms with Gasteiger partial charge in [-0.1, -0.05) is 78.4 Å². The second-order valence-electron chi connectivity index (χ2n) is 6.24. The van der Waals surface area contributed by atoms with Gasteiger partial charge in [0.15, 0.2) is 6.10 Å². The molecule has 0 aromatic heterocycles. The van der Waals surface area contributed by atoms with Crippen LogP contribution in [0.3, 0.4) is 0 Å². The molecule has 3 nitrogen and oxygen atoms in total. The maximum absolute atomic E-state index is 13.0. The number of Topliss-reactive ketones (excluding diaryl/α,β-unsaturated/α-hetero) is 1. The largest absolute Gasteiger partial charge is 0.445 e. The Hall–Kier alpha value is -3.20. The van der Waals surface area contributed by atoms with Gasteiger partial charge in [-0.2, -0.15) is 0 Å². The Labute approximate surface area is 153 Å². The molecule has 0 saturated heterocycles. The lowest BCUT2D eigenvalue weighted by molar-refractivity contribution is 0.0279. The van der Waals surface area contributed by atoms with Crippen LogP contribution in [0.15, 0.2) is 78.9 Å². The highest BCUT2D eigenvalue weighted by molar-refractivity contribution is 6.02. The van der Waals surface area contributed by atoms with Crippen molar-refractivity contribution in [3.05, 3.63) is 107 Å². The van der Waals surface area contributed by atoms with Gasteiger partial charge in [-0.15, -0.1) is 0 Å². The summed E-state index contributed by atoms with van der Waals surface area (Å²) in [5.74, 6) is -0.740. The first-order chi connectivity index (χ1) is 12.6. The number of carbonyl (C=O) groups is 2. The highest BCUT2D eigenvalue weighted by Gasteiger charge is 2.27. The smallest absolute Gasteiger partial charge is 0.339 e. The van der Waals surface area contributed by atoms with E-state index in [1.54, 1.807) is 36.4 Å². The molecule has 0 amide bonds. The van der Waals surface area contributed by atoms with E-state index in [4.69, 9.17) is 4.74 Å². The summed E-state index contributed by atoms with van der Waals surface area (Å²) in [5.41, 5.74) is 3.51. The van der Waals surface area contributed by atoms with Gasteiger partial charge in [-0.3, -0.25) is 4.79 Å². The van der Waals surface area contributed by atoms with Crippen LogP contribution in [0.25, 0.3) is 0 Å². The SMILES string of the molecule is Cc1ccc(C(=O)[C@H](OC(=O)c2ccccc2C)c2ccccc2)cc1. The first kappa shape index (κ1) is 17.6. The molecule has 130 valence electrons. The van der Waals surface area contributed by atoms with E-state index in [1.165, 1.54) is 0 Å². The van der Waals surface area contributed by atoms with Crippen LogP contribution in [0.5, 0.6) is 0 Å². The normalized spacial score (nSPS) is 11.6. The average molecular weight is 344 g/mol. The van der Waals surface area contributed by atoms with Crippen LogP contribution in [0, 0.1) is 13.8 Å². The molecule has 3 heteroatoms. The van der Waals surface area contributed by atoms with E-state index in [2.05, 4.69) is 0 Å². The van der Waals surface area contributed by atoms with Crippen LogP contribution in [-0.2, 0) is 4.74 Å². The second kappa shape index (κ2) is 7.79. The summed E-state index contributed by atoms with van der Waals surface area (Å²) >= 11 is 0. The van der Waals surface area contributed by atoms with Crippen molar-refractivity contribution in [3.8, 4) is 0 Å². The number of carbonyl (C=O) groups excluding carboxylic acids is 2. The summed E-state index contributed by atoms with van der Waals surface area (Å²) in [6, 6.07) is 23.6. The lowest BCUT2D eigenvalue weighted by Gasteiger charge is -2.18.